The smallest absolute Gasteiger partial charge is 0.248 e. The number of aliphatic hydroxyl groups is 1. The molecule has 2 saturated heterocycles. The summed E-state index contributed by atoms with van der Waals surface area (Å²) in [6.07, 6.45) is 7.26. The summed E-state index contributed by atoms with van der Waals surface area (Å²) in [7, 11) is -3.73. The van der Waals surface area contributed by atoms with Crippen LogP contribution in [0.4, 0.5) is 5.82 Å². The Morgan fingerprint density at radius 2 is 1.76 bits per heavy atom. The van der Waals surface area contributed by atoms with E-state index in [1.165, 1.54) is 4.52 Å². The second-order valence-corrected chi connectivity index (χ2v) is 12.0. The topological polar surface area (TPSA) is 144 Å². The molecule has 38 heavy (non-hydrogen) atoms. The van der Waals surface area contributed by atoms with Crippen molar-refractivity contribution >= 4 is 27.2 Å². The van der Waals surface area contributed by atoms with Crippen LogP contribution in [0, 0.1) is 0 Å². The van der Waals surface area contributed by atoms with E-state index in [0.717, 1.165) is 35.9 Å². The molecule has 0 saturated carbocycles. The largest absolute Gasteiger partial charge is 0.387 e. The van der Waals surface area contributed by atoms with Gasteiger partial charge in [0.15, 0.2) is 15.5 Å². The van der Waals surface area contributed by atoms with E-state index in [2.05, 4.69) is 10.1 Å². The predicted molar refractivity (Wildman–Crippen MR) is 142 cm³/mol. The SMILES string of the molecule is CS(=O)(=O)c1c(C2CC3CCC(C2)N3C(=O)CO)nc2c(-c3ccc(-c4ccccc4)nc3)cnn2c1N. The van der Waals surface area contributed by atoms with Gasteiger partial charge in [-0.25, -0.2) is 13.4 Å². The number of pyridine rings is 1. The van der Waals surface area contributed by atoms with Crippen molar-refractivity contribution in [1.82, 2.24) is 24.5 Å². The standard InChI is InChI=1S/C27H28N6O4S/c1-38(36,37)25-24(18-11-19-8-9-20(12-18)32(19)23(35)15-34)31-27-21(14-30-33(27)26(25)28)17-7-10-22(29-13-17)16-5-3-2-4-6-16/h2-7,10,13-14,18-20,34H,8-9,11-12,15,28H2,1H3. The van der Waals surface area contributed by atoms with Crippen molar-refractivity contribution in [1.29, 1.82) is 0 Å². The Kier molecular flexibility index (Phi) is 5.92. The average molecular weight is 533 g/mol. The molecule has 6 rings (SSSR count). The van der Waals surface area contributed by atoms with Crippen LogP contribution in [0.5, 0.6) is 0 Å². The minimum Gasteiger partial charge on any atom is -0.387 e. The molecule has 1 aromatic carbocycles. The number of amides is 1. The van der Waals surface area contributed by atoms with E-state index in [4.69, 9.17) is 10.7 Å². The van der Waals surface area contributed by atoms with Crippen LogP contribution >= 0.6 is 0 Å². The molecule has 2 bridgehead atoms. The van der Waals surface area contributed by atoms with E-state index in [0.29, 0.717) is 29.7 Å². The molecule has 2 aliphatic rings. The van der Waals surface area contributed by atoms with E-state index in [-0.39, 0.29) is 34.6 Å². The molecule has 1 amide bonds. The van der Waals surface area contributed by atoms with Crippen LogP contribution in [0.3, 0.4) is 0 Å². The lowest BCUT2D eigenvalue weighted by Crippen LogP contribution is -2.47. The second kappa shape index (κ2) is 9.17. The van der Waals surface area contributed by atoms with Crippen molar-refractivity contribution in [3.05, 3.63) is 60.6 Å². The molecule has 3 aromatic heterocycles. The number of nitrogens with two attached hydrogens (primary N) is 1. The van der Waals surface area contributed by atoms with Gasteiger partial charge in [0.2, 0.25) is 5.91 Å². The molecule has 2 unspecified atom stereocenters. The number of piperidine rings is 1. The lowest BCUT2D eigenvalue weighted by atomic mass is 9.87. The van der Waals surface area contributed by atoms with Crippen LogP contribution < -0.4 is 5.73 Å². The van der Waals surface area contributed by atoms with Crippen LogP contribution in [-0.2, 0) is 14.6 Å². The summed E-state index contributed by atoms with van der Waals surface area (Å²) in [5.41, 5.74) is 10.6. The van der Waals surface area contributed by atoms with Crippen molar-refractivity contribution in [3.8, 4) is 22.4 Å². The molecule has 0 aliphatic carbocycles. The van der Waals surface area contributed by atoms with E-state index < -0.39 is 16.4 Å². The quantitative estimate of drug-likeness (QED) is 0.399. The molecule has 0 radical (unpaired) electrons. The van der Waals surface area contributed by atoms with Crippen molar-refractivity contribution < 1.29 is 18.3 Å². The highest BCUT2D eigenvalue weighted by Gasteiger charge is 2.45. The van der Waals surface area contributed by atoms with Gasteiger partial charge in [-0.05, 0) is 31.7 Å². The van der Waals surface area contributed by atoms with Gasteiger partial charge in [-0.2, -0.15) is 9.61 Å². The Labute approximate surface area is 220 Å². The summed E-state index contributed by atoms with van der Waals surface area (Å²) in [4.78, 5) is 23.6. The lowest BCUT2D eigenvalue weighted by Gasteiger charge is -2.39. The number of anilines is 1. The van der Waals surface area contributed by atoms with Gasteiger partial charge in [0, 0.05) is 47.1 Å². The van der Waals surface area contributed by atoms with E-state index in [9.17, 15) is 18.3 Å². The third-order valence-electron chi connectivity index (χ3n) is 7.72. The molecule has 2 atom stereocenters. The molecule has 10 nitrogen and oxygen atoms in total. The van der Waals surface area contributed by atoms with Gasteiger partial charge in [-0.1, -0.05) is 36.4 Å². The fraction of sp³-hybridized carbons (Fsp3) is 0.333. The molecule has 196 valence electrons. The Hall–Kier alpha value is -3.83. The monoisotopic (exact) mass is 532 g/mol. The number of fused-ring (bicyclic) bond motifs is 3. The zero-order valence-electron chi connectivity index (χ0n) is 20.9. The van der Waals surface area contributed by atoms with Crippen LogP contribution in [0.2, 0.25) is 0 Å². The van der Waals surface area contributed by atoms with Gasteiger partial charge in [-0.15, -0.1) is 0 Å². The maximum absolute atomic E-state index is 12.9. The summed E-state index contributed by atoms with van der Waals surface area (Å²) < 4.78 is 27.3. The fourth-order valence-electron chi connectivity index (χ4n) is 6.10. The highest BCUT2D eigenvalue weighted by molar-refractivity contribution is 7.91. The number of carbonyl (C=O) groups is 1. The maximum Gasteiger partial charge on any atom is 0.248 e. The number of hydrogen-bond donors (Lipinski definition) is 2. The van der Waals surface area contributed by atoms with Gasteiger partial charge >= 0.3 is 0 Å². The Morgan fingerprint density at radius 1 is 1.05 bits per heavy atom. The zero-order chi connectivity index (χ0) is 26.6. The summed E-state index contributed by atoms with van der Waals surface area (Å²) >= 11 is 0. The number of aliphatic hydroxyl groups excluding tert-OH is 1. The number of hydrogen-bond acceptors (Lipinski definition) is 8. The van der Waals surface area contributed by atoms with Gasteiger partial charge in [-0.3, -0.25) is 9.78 Å². The number of nitrogen functional groups attached to an aromatic ring is 1. The average Bonchev–Trinajstić information content (AvgIpc) is 3.46. The third kappa shape index (κ3) is 4.02. The molecule has 0 spiro atoms. The van der Waals surface area contributed by atoms with E-state index >= 15 is 0 Å². The number of aromatic nitrogens is 4. The lowest BCUT2D eigenvalue weighted by molar-refractivity contribution is -0.138. The predicted octanol–water partition coefficient (Wildman–Crippen LogP) is 2.67. The van der Waals surface area contributed by atoms with Gasteiger partial charge in [0.25, 0.3) is 0 Å². The summed E-state index contributed by atoms with van der Waals surface area (Å²) in [6.45, 7) is -0.528. The first-order chi connectivity index (χ1) is 18.3. The molecular weight excluding hydrogens is 504 g/mol. The summed E-state index contributed by atoms with van der Waals surface area (Å²) in [6, 6.07) is 13.6. The number of sulfone groups is 1. The minimum absolute atomic E-state index is 0.0106. The highest BCUT2D eigenvalue weighted by Crippen LogP contribution is 2.45. The van der Waals surface area contributed by atoms with Crippen LogP contribution in [-0.4, -0.2) is 68.9 Å². The van der Waals surface area contributed by atoms with Gasteiger partial charge < -0.3 is 15.7 Å². The molecule has 4 aromatic rings. The highest BCUT2D eigenvalue weighted by atomic mass is 32.2. The Bertz CT molecular complexity index is 1620. The van der Waals surface area contributed by atoms with Gasteiger partial charge in [0.05, 0.1) is 17.6 Å². The first-order valence-corrected chi connectivity index (χ1v) is 14.5. The van der Waals surface area contributed by atoms with Crippen molar-refractivity contribution in [3.63, 3.8) is 0 Å². The number of nitrogens with zero attached hydrogens (tertiary/aromatic N) is 5. The Balaban J connectivity index is 1.44. The van der Waals surface area contributed by atoms with Crippen LogP contribution in [0.15, 0.2) is 59.8 Å². The minimum atomic E-state index is -3.73. The van der Waals surface area contributed by atoms with Gasteiger partial charge in [0.1, 0.15) is 17.3 Å². The number of rotatable bonds is 5. The van der Waals surface area contributed by atoms with E-state index in [1.807, 2.05) is 42.5 Å². The Morgan fingerprint density at radius 3 is 2.37 bits per heavy atom. The first-order valence-electron chi connectivity index (χ1n) is 12.6. The zero-order valence-corrected chi connectivity index (χ0v) is 21.7. The molecule has 11 heteroatoms. The maximum atomic E-state index is 12.9. The number of carbonyl (C=O) groups excluding carboxylic acids is 1. The van der Waals surface area contributed by atoms with Crippen LogP contribution in [0.25, 0.3) is 28.0 Å². The summed E-state index contributed by atoms with van der Waals surface area (Å²) in [5.74, 6) is -0.464. The first kappa shape index (κ1) is 24.5. The molecule has 2 fully saturated rings. The molecule has 3 N–H and O–H groups in total. The third-order valence-corrected chi connectivity index (χ3v) is 8.88. The molecule has 5 heterocycles. The van der Waals surface area contributed by atoms with Crippen molar-refractivity contribution in [2.75, 3.05) is 18.6 Å². The normalized spacial score (nSPS) is 21.2. The van der Waals surface area contributed by atoms with Crippen molar-refractivity contribution in [2.24, 2.45) is 0 Å². The molecular formula is C27H28N6O4S. The molecule has 2 aliphatic heterocycles. The fourth-order valence-corrected chi connectivity index (χ4v) is 7.16. The van der Waals surface area contributed by atoms with Crippen molar-refractivity contribution in [2.45, 2.75) is 48.6 Å². The summed E-state index contributed by atoms with van der Waals surface area (Å²) in [5, 5.41) is 13.8. The number of benzene rings is 1. The second-order valence-electron chi connectivity index (χ2n) is 10.1. The van der Waals surface area contributed by atoms with Crippen LogP contribution in [0.1, 0.15) is 37.3 Å². The van der Waals surface area contributed by atoms with E-state index in [1.54, 1.807) is 17.3 Å².